The van der Waals surface area contributed by atoms with Gasteiger partial charge in [0.2, 0.25) is 11.8 Å². The first-order valence-electron chi connectivity index (χ1n) is 7.48. The molecule has 6 nitrogen and oxygen atoms in total. The van der Waals surface area contributed by atoms with Gasteiger partial charge in [-0.2, -0.15) is 0 Å². The summed E-state index contributed by atoms with van der Waals surface area (Å²) in [5.41, 5.74) is 2.13. The number of amides is 3. The minimum Gasteiger partial charge on any atom is -0.439 e. The molecule has 0 aliphatic carbocycles. The molecule has 1 N–H and O–H groups in total. The molecule has 1 aromatic carbocycles. The van der Waals surface area contributed by atoms with Crippen molar-refractivity contribution in [1.82, 2.24) is 10.2 Å². The number of rotatable bonds is 3. The van der Waals surface area contributed by atoms with E-state index in [1.807, 2.05) is 24.3 Å². The van der Waals surface area contributed by atoms with Gasteiger partial charge in [-0.05, 0) is 24.0 Å². The predicted molar refractivity (Wildman–Crippen MR) is 77.9 cm³/mol. The van der Waals surface area contributed by atoms with Crippen molar-refractivity contribution >= 4 is 17.9 Å². The number of aryl methyl sites for hydroxylation is 1. The normalized spacial score (nSPS) is 25.1. The Morgan fingerprint density at radius 2 is 1.95 bits per heavy atom. The van der Waals surface area contributed by atoms with Crippen LogP contribution in [0.3, 0.4) is 0 Å². The summed E-state index contributed by atoms with van der Waals surface area (Å²) in [4.78, 5) is 36.5. The first-order chi connectivity index (χ1) is 10.6. The van der Waals surface area contributed by atoms with Crippen molar-refractivity contribution < 1.29 is 19.1 Å². The maximum atomic E-state index is 12.0. The first-order valence-corrected chi connectivity index (χ1v) is 7.48. The lowest BCUT2D eigenvalue weighted by atomic mass is 10.0. The first kappa shape index (κ1) is 14.6. The van der Waals surface area contributed by atoms with Gasteiger partial charge >= 0.3 is 6.09 Å². The predicted octanol–water partition coefficient (Wildman–Crippen LogP) is 1.55. The number of nitrogens with one attached hydrogen (secondary N) is 1. The minimum absolute atomic E-state index is 0.246. The van der Waals surface area contributed by atoms with E-state index in [0.29, 0.717) is 13.0 Å². The zero-order valence-electron chi connectivity index (χ0n) is 12.4. The second-order valence-corrected chi connectivity index (χ2v) is 5.59. The number of cyclic esters (lactones) is 1. The molecule has 1 unspecified atom stereocenters. The third-order valence-electron chi connectivity index (χ3n) is 4.19. The Morgan fingerprint density at radius 1 is 1.23 bits per heavy atom. The number of benzene rings is 1. The second-order valence-electron chi connectivity index (χ2n) is 5.59. The van der Waals surface area contributed by atoms with Crippen LogP contribution in [0.2, 0.25) is 0 Å². The van der Waals surface area contributed by atoms with Crippen molar-refractivity contribution in [3.8, 4) is 0 Å². The average molecular weight is 302 g/mol. The molecule has 6 heteroatoms. The Hall–Kier alpha value is -2.37. The van der Waals surface area contributed by atoms with E-state index in [-0.39, 0.29) is 18.4 Å². The molecule has 0 radical (unpaired) electrons. The van der Waals surface area contributed by atoms with Crippen molar-refractivity contribution in [1.29, 1.82) is 0 Å². The molecule has 2 saturated heterocycles. The molecule has 0 aromatic heterocycles. The van der Waals surface area contributed by atoms with Crippen LogP contribution in [0.4, 0.5) is 4.79 Å². The fourth-order valence-electron chi connectivity index (χ4n) is 2.86. The smallest absolute Gasteiger partial charge is 0.411 e. The molecule has 2 aliphatic heterocycles. The molecule has 2 heterocycles. The van der Waals surface area contributed by atoms with Gasteiger partial charge in [0.05, 0.1) is 6.54 Å². The van der Waals surface area contributed by atoms with Gasteiger partial charge < -0.3 is 4.74 Å². The van der Waals surface area contributed by atoms with Crippen LogP contribution in [0.5, 0.6) is 0 Å². The highest BCUT2D eigenvalue weighted by molar-refractivity contribution is 6.01. The summed E-state index contributed by atoms with van der Waals surface area (Å²) < 4.78 is 5.38. The topological polar surface area (TPSA) is 75.7 Å². The van der Waals surface area contributed by atoms with E-state index >= 15 is 0 Å². The monoisotopic (exact) mass is 302 g/mol. The number of ether oxygens (including phenoxy) is 1. The van der Waals surface area contributed by atoms with Crippen LogP contribution in [0.1, 0.15) is 37.0 Å². The summed E-state index contributed by atoms with van der Waals surface area (Å²) in [6.07, 6.45) is 0.674. The largest absolute Gasteiger partial charge is 0.439 e. The lowest BCUT2D eigenvalue weighted by Crippen LogP contribution is -2.52. The quantitative estimate of drug-likeness (QED) is 0.860. The van der Waals surface area contributed by atoms with E-state index in [1.54, 1.807) is 0 Å². The third kappa shape index (κ3) is 2.68. The molecule has 2 atom stereocenters. The van der Waals surface area contributed by atoms with Gasteiger partial charge in [-0.25, -0.2) is 4.79 Å². The van der Waals surface area contributed by atoms with Gasteiger partial charge in [-0.3, -0.25) is 19.8 Å². The van der Waals surface area contributed by atoms with Crippen molar-refractivity contribution in [2.45, 2.75) is 38.3 Å². The standard InChI is InChI=1S/C16H18N2O4/c1-2-10-3-5-11(6-4-10)13-9-18(16(21)22-13)12-7-8-14(19)17-15(12)20/h3-6,12-13H,2,7-9H2,1H3,(H,17,19,20)/t12?,13-/m1/s1. The third-order valence-corrected chi connectivity index (χ3v) is 4.19. The SMILES string of the molecule is CCc1ccc([C@H]2CN(C3CCC(=O)NC3=O)C(=O)O2)cc1. The summed E-state index contributed by atoms with van der Waals surface area (Å²) in [5.74, 6) is -0.712. The molecular formula is C16H18N2O4. The molecule has 1 aromatic rings. The average Bonchev–Trinajstić information content (AvgIpc) is 2.89. The Labute approximate surface area is 128 Å². The number of imide groups is 1. The van der Waals surface area contributed by atoms with Crippen LogP contribution in [0.15, 0.2) is 24.3 Å². The van der Waals surface area contributed by atoms with Gasteiger partial charge in [-0.15, -0.1) is 0 Å². The molecule has 0 saturated carbocycles. The molecule has 3 amide bonds. The van der Waals surface area contributed by atoms with Gasteiger partial charge in [0.1, 0.15) is 12.1 Å². The van der Waals surface area contributed by atoms with E-state index in [0.717, 1.165) is 12.0 Å². The van der Waals surface area contributed by atoms with Gasteiger partial charge in [0, 0.05) is 6.42 Å². The van der Waals surface area contributed by atoms with Crippen LogP contribution in [0, 0.1) is 0 Å². The number of hydrogen-bond donors (Lipinski definition) is 1. The fraction of sp³-hybridized carbons (Fsp3) is 0.438. The van der Waals surface area contributed by atoms with Crippen molar-refractivity contribution in [2.75, 3.05) is 6.54 Å². The minimum atomic E-state index is -0.620. The number of carbonyl (C=O) groups is 3. The lowest BCUT2D eigenvalue weighted by Gasteiger charge is -2.27. The number of piperidine rings is 1. The molecule has 2 aliphatic rings. The zero-order valence-corrected chi connectivity index (χ0v) is 12.4. The van der Waals surface area contributed by atoms with E-state index < -0.39 is 18.0 Å². The highest BCUT2D eigenvalue weighted by Crippen LogP contribution is 2.29. The zero-order chi connectivity index (χ0) is 15.7. The van der Waals surface area contributed by atoms with Crippen molar-refractivity contribution in [3.05, 3.63) is 35.4 Å². The Morgan fingerprint density at radius 3 is 2.59 bits per heavy atom. The van der Waals surface area contributed by atoms with Gasteiger partial charge in [0.15, 0.2) is 0 Å². The lowest BCUT2D eigenvalue weighted by molar-refractivity contribution is -0.136. The molecule has 22 heavy (non-hydrogen) atoms. The summed E-state index contributed by atoms with van der Waals surface area (Å²) >= 11 is 0. The second kappa shape index (κ2) is 5.79. The Balaban J connectivity index is 1.72. The number of hydrogen-bond acceptors (Lipinski definition) is 4. The van der Waals surface area contributed by atoms with Crippen molar-refractivity contribution in [3.63, 3.8) is 0 Å². The van der Waals surface area contributed by atoms with Crippen LogP contribution in [-0.2, 0) is 20.7 Å². The maximum Gasteiger partial charge on any atom is 0.411 e. The summed E-state index contributed by atoms with van der Waals surface area (Å²) in [5, 5.41) is 2.27. The highest BCUT2D eigenvalue weighted by atomic mass is 16.6. The number of carbonyl (C=O) groups excluding carboxylic acids is 3. The molecule has 3 rings (SSSR count). The molecule has 0 bridgehead atoms. The van der Waals surface area contributed by atoms with Crippen LogP contribution in [0.25, 0.3) is 0 Å². The summed E-state index contributed by atoms with van der Waals surface area (Å²) in [6.45, 7) is 2.41. The van der Waals surface area contributed by atoms with E-state index in [2.05, 4.69) is 12.2 Å². The highest BCUT2D eigenvalue weighted by Gasteiger charge is 2.41. The molecule has 2 fully saturated rings. The fourth-order valence-corrected chi connectivity index (χ4v) is 2.86. The van der Waals surface area contributed by atoms with E-state index in [4.69, 9.17) is 4.74 Å². The van der Waals surface area contributed by atoms with E-state index in [1.165, 1.54) is 10.5 Å². The number of nitrogens with zero attached hydrogens (tertiary/aromatic N) is 1. The summed E-state index contributed by atoms with van der Waals surface area (Å²) in [7, 11) is 0. The van der Waals surface area contributed by atoms with Crippen LogP contribution < -0.4 is 5.32 Å². The van der Waals surface area contributed by atoms with Crippen LogP contribution in [-0.4, -0.2) is 35.4 Å². The van der Waals surface area contributed by atoms with Gasteiger partial charge in [0.25, 0.3) is 0 Å². The Bertz CT molecular complexity index is 611. The summed E-state index contributed by atoms with van der Waals surface area (Å²) in [6, 6.07) is 7.30. The molecule has 0 spiro atoms. The van der Waals surface area contributed by atoms with Crippen molar-refractivity contribution in [2.24, 2.45) is 0 Å². The van der Waals surface area contributed by atoms with Gasteiger partial charge in [-0.1, -0.05) is 31.2 Å². The molecular weight excluding hydrogens is 284 g/mol. The Kier molecular flexibility index (Phi) is 3.83. The molecule has 116 valence electrons. The van der Waals surface area contributed by atoms with Crippen LogP contribution >= 0.6 is 0 Å². The van der Waals surface area contributed by atoms with E-state index in [9.17, 15) is 14.4 Å². The maximum absolute atomic E-state index is 12.0.